The van der Waals surface area contributed by atoms with Gasteiger partial charge in [-0.05, 0) is 26.4 Å². The first-order chi connectivity index (χ1) is 6.31. The fourth-order valence-corrected chi connectivity index (χ4v) is 2.75. The Morgan fingerprint density at radius 2 is 2.62 bits per heavy atom. The number of hydrogen-bond donors (Lipinski definition) is 1. The van der Waals surface area contributed by atoms with Gasteiger partial charge in [-0.2, -0.15) is 0 Å². The zero-order valence-corrected chi connectivity index (χ0v) is 8.55. The molecule has 1 unspecified atom stereocenters. The summed E-state index contributed by atoms with van der Waals surface area (Å²) in [6.45, 7) is 1.28. The molecule has 2 rings (SSSR count). The monoisotopic (exact) mass is 198 g/mol. The van der Waals surface area contributed by atoms with Crippen molar-refractivity contribution in [3.63, 3.8) is 0 Å². The Labute approximate surface area is 82.0 Å². The molecule has 0 saturated carbocycles. The average Bonchev–Trinajstić information content (AvgIpc) is 2.71. The molecule has 1 N–H and O–H groups in total. The van der Waals surface area contributed by atoms with Crippen LogP contribution in [0.1, 0.15) is 28.8 Å². The van der Waals surface area contributed by atoms with E-state index >= 15 is 0 Å². The highest BCUT2D eigenvalue weighted by molar-refractivity contribution is 7.11. The van der Waals surface area contributed by atoms with Gasteiger partial charge in [-0.25, -0.2) is 4.98 Å². The van der Waals surface area contributed by atoms with E-state index in [0.29, 0.717) is 6.04 Å². The van der Waals surface area contributed by atoms with Gasteiger partial charge in [-0.3, -0.25) is 4.90 Å². The van der Waals surface area contributed by atoms with E-state index < -0.39 is 0 Å². The Kier molecular flexibility index (Phi) is 2.62. The van der Waals surface area contributed by atoms with E-state index in [1.807, 2.05) is 0 Å². The third-order valence-electron chi connectivity index (χ3n) is 2.53. The summed E-state index contributed by atoms with van der Waals surface area (Å²) < 4.78 is 0. The van der Waals surface area contributed by atoms with Gasteiger partial charge < -0.3 is 5.11 Å². The lowest BCUT2D eigenvalue weighted by atomic mass is 10.2. The zero-order valence-electron chi connectivity index (χ0n) is 7.73. The van der Waals surface area contributed by atoms with Crippen molar-refractivity contribution in [2.24, 2.45) is 0 Å². The van der Waals surface area contributed by atoms with Crippen LogP contribution in [0.2, 0.25) is 0 Å². The molecule has 2 heterocycles. The third kappa shape index (κ3) is 1.75. The van der Waals surface area contributed by atoms with Gasteiger partial charge in [0.15, 0.2) is 0 Å². The molecule has 1 aliphatic rings. The lowest BCUT2D eigenvalue weighted by Crippen LogP contribution is -2.17. The maximum absolute atomic E-state index is 8.92. The van der Waals surface area contributed by atoms with E-state index in [9.17, 15) is 0 Å². The van der Waals surface area contributed by atoms with Crippen LogP contribution in [0.4, 0.5) is 0 Å². The van der Waals surface area contributed by atoms with Gasteiger partial charge >= 0.3 is 0 Å². The number of likely N-dealkylation sites (tertiary alicyclic amines) is 1. The van der Waals surface area contributed by atoms with Crippen LogP contribution < -0.4 is 0 Å². The second-order valence-corrected chi connectivity index (χ2v) is 4.61. The molecule has 3 nitrogen and oxygen atoms in total. The van der Waals surface area contributed by atoms with Gasteiger partial charge in [-0.1, -0.05) is 0 Å². The first-order valence-electron chi connectivity index (χ1n) is 4.57. The summed E-state index contributed by atoms with van der Waals surface area (Å²) in [5, 5.41) is 10.1. The first-order valence-corrected chi connectivity index (χ1v) is 5.38. The molecule has 0 spiro atoms. The van der Waals surface area contributed by atoms with E-state index in [1.165, 1.54) is 19.4 Å². The molecule has 0 amide bonds. The second-order valence-electron chi connectivity index (χ2n) is 3.46. The number of thiazole rings is 1. The summed E-state index contributed by atoms with van der Waals surface area (Å²) in [7, 11) is 2.14. The van der Waals surface area contributed by atoms with Gasteiger partial charge in [0.25, 0.3) is 0 Å². The molecular formula is C9H14N2OS. The summed E-state index contributed by atoms with van der Waals surface area (Å²) in [5.41, 5.74) is 0. The van der Waals surface area contributed by atoms with Crippen LogP contribution in [0.5, 0.6) is 0 Å². The molecule has 0 bridgehead atoms. The summed E-state index contributed by atoms with van der Waals surface area (Å²) in [5.74, 6) is 0. The topological polar surface area (TPSA) is 36.4 Å². The van der Waals surface area contributed by atoms with Gasteiger partial charge in [0, 0.05) is 6.20 Å². The van der Waals surface area contributed by atoms with Crippen molar-refractivity contribution in [1.29, 1.82) is 0 Å². The van der Waals surface area contributed by atoms with Gasteiger partial charge in [0.2, 0.25) is 0 Å². The van der Waals surface area contributed by atoms with Crippen molar-refractivity contribution in [2.75, 3.05) is 13.6 Å². The molecule has 1 atom stereocenters. The lowest BCUT2D eigenvalue weighted by molar-refractivity contribution is 0.285. The van der Waals surface area contributed by atoms with Crippen molar-refractivity contribution >= 4 is 11.3 Å². The summed E-state index contributed by atoms with van der Waals surface area (Å²) in [6.07, 6.45) is 4.25. The quantitative estimate of drug-likeness (QED) is 0.780. The molecular weight excluding hydrogens is 184 g/mol. The molecule has 0 aliphatic carbocycles. The van der Waals surface area contributed by atoms with E-state index in [1.54, 1.807) is 17.5 Å². The van der Waals surface area contributed by atoms with Crippen LogP contribution in [-0.4, -0.2) is 28.6 Å². The maximum Gasteiger partial charge on any atom is 0.110 e. The van der Waals surface area contributed by atoms with E-state index in [2.05, 4.69) is 16.9 Å². The van der Waals surface area contributed by atoms with Crippen molar-refractivity contribution in [2.45, 2.75) is 25.5 Å². The molecule has 1 saturated heterocycles. The van der Waals surface area contributed by atoms with Crippen molar-refractivity contribution in [3.05, 3.63) is 16.1 Å². The van der Waals surface area contributed by atoms with Gasteiger partial charge in [0.1, 0.15) is 5.01 Å². The predicted molar refractivity (Wildman–Crippen MR) is 52.6 cm³/mol. The van der Waals surface area contributed by atoms with Crippen LogP contribution in [0.15, 0.2) is 6.20 Å². The largest absolute Gasteiger partial charge is 0.391 e. The van der Waals surface area contributed by atoms with Crippen molar-refractivity contribution in [1.82, 2.24) is 9.88 Å². The molecule has 0 radical (unpaired) electrons. The zero-order chi connectivity index (χ0) is 9.26. The van der Waals surface area contributed by atoms with Gasteiger partial charge in [-0.15, -0.1) is 11.3 Å². The predicted octanol–water partition coefficient (Wildman–Crippen LogP) is 1.40. The van der Waals surface area contributed by atoms with Crippen molar-refractivity contribution < 1.29 is 5.11 Å². The van der Waals surface area contributed by atoms with E-state index in [-0.39, 0.29) is 6.61 Å². The number of rotatable bonds is 2. The van der Waals surface area contributed by atoms with E-state index in [4.69, 9.17) is 5.11 Å². The number of aromatic nitrogens is 1. The molecule has 1 fully saturated rings. The fourth-order valence-electron chi connectivity index (χ4n) is 1.77. The Morgan fingerprint density at radius 1 is 1.77 bits per heavy atom. The summed E-state index contributed by atoms with van der Waals surface area (Å²) in [4.78, 5) is 7.64. The smallest absolute Gasteiger partial charge is 0.110 e. The highest BCUT2D eigenvalue weighted by Crippen LogP contribution is 2.32. The van der Waals surface area contributed by atoms with Crippen LogP contribution in [-0.2, 0) is 6.61 Å². The highest BCUT2D eigenvalue weighted by Gasteiger charge is 2.24. The molecule has 1 aliphatic heterocycles. The Morgan fingerprint density at radius 3 is 3.15 bits per heavy atom. The third-order valence-corrected chi connectivity index (χ3v) is 3.62. The Hall–Kier alpha value is -0.450. The maximum atomic E-state index is 8.92. The van der Waals surface area contributed by atoms with E-state index in [0.717, 1.165) is 9.88 Å². The van der Waals surface area contributed by atoms with Crippen LogP contribution in [0.25, 0.3) is 0 Å². The number of aliphatic hydroxyl groups is 1. The first kappa shape index (κ1) is 9.12. The minimum atomic E-state index is 0.119. The Bertz CT molecular complexity index is 287. The van der Waals surface area contributed by atoms with Gasteiger partial charge in [0.05, 0.1) is 17.5 Å². The van der Waals surface area contributed by atoms with Crippen LogP contribution in [0.3, 0.4) is 0 Å². The second kappa shape index (κ2) is 3.74. The molecule has 72 valence electrons. The number of aliphatic hydroxyl groups excluding tert-OH is 1. The molecule has 4 heteroatoms. The van der Waals surface area contributed by atoms with Crippen LogP contribution in [0, 0.1) is 0 Å². The fraction of sp³-hybridized carbons (Fsp3) is 0.667. The average molecular weight is 198 g/mol. The molecule has 0 aromatic carbocycles. The minimum absolute atomic E-state index is 0.119. The summed E-state index contributed by atoms with van der Waals surface area (Å²) >= 11 is 1.63. The SMILES string of the molecule is CN1CCCC1c1ncc(CO)s1. The molecule has 13 heavy (non-hydrogen) atoms. The number of hydrogen-bond acceptors (Lipinski definition) is 4. The minimum Gasteiger partial charge on any atom is -0.391 e. The normalized spacial score (nSPS) is 24.0. The molecule has 1 aromatic rings. The standard InChI is InChI=1S/C9H14N2OS/c1-11-4-2-3-8(11)9-10-5-7(6-12)13-9/h5,8,12H,2-4,6H2,1H3. The number of nitrogens with zero attached hydrogens (tertiary/aromatic N) is 2. The Balaban J connectivity index is 2.15. The van der Waals surface area contributed by atoms with Crippen LogP contribution >= 0.6 is 11.3 Å². The lowest BCUT2D eigenvalue weighted by Gasteiger charge is -2.16. The summed E-state index contributed by atoms with van der Waals surface area (Å²) in [6, 6.07) is 0.491. The van der Waals surface area contributed by atoms with Crippen molar-refractivity contribution in [3.8, 4) is 0 Å². The molecule has 1 aromatic heterocycles. The highest BCUT2D eigenvalue weighted by atomic mass is 32.1.